The summed E-state index contributed by atoms with van der Waals surface area (Å²) in [5.41, 5.74) is 1.09. The molecule has 98 valence electrons. The van der Waals surface area contributed by atoms with Crippen LogP contribution in [0.2, 0.25) is 0 Å². The van der Waals surface area contributed by atoms with Crippen LogP contribution in [-0.4, -0.2) is 9.97 Å². The van der Waals surface area contributed by atoms with Crippen LogP contribution < -0.4 is 5.32 Å². The summed E-state index contributed by atoms with van der Waals surface area (Å²) < 4.78 is 1.25. The number of thiazole rings is 2. The molecule has 0 radical (unpaired) electrons. The fourth-order valence-electron chi connectivity index (χ4n) is 2.02. The van der Waals surface area contributed by atoms with Crippen molar-refractivity contribution < 1.29 is 0 Å². The van der Waals surface area contributed by atoms with E-state index in [1.54, 1.807) is 22.7 Å². The molecule has 1 N–H and O–H groups in total. The van der Waals surface area contributed by atoms with Gasteiger partial charge in [-0.3, -0.25) is 0 Å². The molecule has 0 fully saturated rings. The van der Waals surface area contributed by atoms with Gasteiger partial charge < -0.3 is 5.32 Å². The minimum atomic E-state index is 0.326. The molecule has 0 spiro atoms. The summed E-state index contributed by atoms with van der Waals surface area (Å²) in [6, 6.07) is 8.60. The summed E-state index contributed by atoms with van der Waals surface area (Å²) in [6.07, 6.45) is 2.90. The smallest absolute Gasteiger partial charge is 0.109 e. The molecule has 0 bridgehead atoms. The van der Waals surface area contributed by atoms with Crippen molar-refractivity contribution in [2.24, 2.45) is 0 Å². The van der Waals surface area contributed by atoms with E-state index in [2.05, 4.69) is 40.4 Å². The van der Waals surface area contributed by atoms with Crippen LogP contribution in [0.15, 0.2) is 35.8 Å². The van der Waals surface area contributed by atoms with E-state index < -0.39 is 0 Å². The predicted octanol–water partition coefficient (Wildman–Crippen LogP) is 3.99. The van der Waals surface area contributed by atoms with E-state index in [-0.39, 0.29) is 0 Å². The zero-order valence-electron chi connectivity index (χ0n) is 10.7. The fraction of sp³-hybridized carbons (Fsp3) is 0.286. The maximum absolute atomic E-state index is 4.64. The molecule has 1 unspecified atom stereocenters. The Morgan fingerprint density at radius 1 is 1.32 bits per heavy atom. The number of hydrogen-bond donors (Lipinski definition) is 1. The van der Waals surface area contributed by atoms with Crippen molar-refractivity contribution in [1.29, 1.82) is 0 Å². The second kappa shape index (κ2) is 5.77. The van der Waals surface area contributed by atoms with Gasteiger partial charge in [-0.25, -0.2) is 9.97 Å². The Morgan fingerprint density at radius 2 is 2.21 bits per heavy atom. The van der Waals surface area contributed by atoms with Gasteiger partial charge in [0.2, 0.25) is 0 Å². The lowest BCUT2D eigenvalue weighted by atomic mass is 10.2. The highest BCUT2D eigenvalue weighted by Gasteiger charge is 2.12. The zero-order valence-corrected chi connectivity index (χ0v) is 12.3. The largest absolute Gasteiger partial charge is 0.301 e. The molecule has 3 rings (SSSR count). The maximum atomic E-state index is 4.64. The minimum Gasteiger partial charge on any atom is -0.301 e. The minimum absolute atomic E-state index is 0.326. The van der Waals surface area contributed by atoms with Crippen LogP contribution in [0.5, 0.6) is 0 Å². The first-order valence-electron chi connectivity index (χ1n) is 6.34. The SMILES string of the molecule is CCC(NCc1nc2ccccc2s1)c1nccs1. The molecule has 0 amide bonds. The Hall–Kier alpha value is -1.30. The normalized spacial score (nSPS) is 12.9. The highest BCUT2D eigenvalue weighted by atomic mass is 32.1. The number of nitrogens with zero attached hydrogens (tertiary/aromatic N) is 2. The van der Waals surface area contributed by atoms with Gasteiger partial charge in [-0.05, 0) is 18.6 Å². The molecule has 3 aromatic rings. The van der Waals surface area contributed by atoms with Gasteiger partial charge >= 0.3 is 0 Å². The maximum Gasteiger partial charge on any atom is 0.109 e. The third-order valence-corrected chi connectivity index (χ3v) is 4.92. The van der Waals surface area contributed by atoms with Crippen molar-refractivity contribution in [3.05, 3.63) is 45.9 Å². The van der Waals surface area contributed by atoms with Crippen LogP contribution in [0.25, 0.3) is 10.2 Å². The van der Waals surface area contributed by atoms with Crippen LogP contribution in [0.1, 0.15) is 29.4 Å². The number of aromatic nitrogens is 2. The topological polar surface area (TPSA) is 37.8 Å². The van der Waals surface area contributed by atoms with Crippen LogP contribution in [0, 0.1) is 0 Å². The van der Waals surface area contributed by atoms with E-state index in [0.717, 1.165) is 28.5 Å². The Labute approximate surface area is 120 Å². The third kappa shape index (κ3) is 2.83. The first-order valence-corrected chi connectivity index (χ1v) is 8.03. The van der Waals surface area contributed by atoms with Gasteiger partial charge in [0.25, 0.3) is 0 Å². The molecule has 0 aliphatic heterocycles. The van der Waals surface area contributed by atoms with Gasteiger partial charge in [0.1, 0.15) is 10.0 Å². The first kappa shape index (κ1) is 12.7. The summed E-state index contributed by atoms with van der Waals surface area (Å²) in [5.74, 6) is 0. The molecule has 1 atom stereocenters. The summed E-state index contributed by atoms with van der Waals surface area (Å²) in [4.78, 5) is 9.02. The molecule has 2 aromatic heterocycles. The average Bonchev–Trinajstić information content (AvgIpc) is 3.08. The quantitative estimate of drug-likeness (QED) is 0.771. The molecular formula is C14H15N3S2. The molecule has 0 aliphatic rings. The third-order valence-electron chi connectivity index (χ3n) is 3.00. The van der Waals surface area contributed by atoms with E-state index in [1.807, 2.05) is 17.6 Å². The number of nitrogens with one attached hydrogen (secondary N) is 1. The molecular weight excluding hydrogens is 274 g/mol. The average molecular weight is 289 g/mol. The Bertz CT molecular complexity index is 613. The number of hydrogen-bond acceptors (Lipinski definition) is 5. The standard InChI is InChI=1S/C14H15N3S2/c1-2-10(14-15-7-8-18-14)16-9-13-17-11-5-3-4-6-12(11)19-13/h3-8,10,16H,2,9H2,1H3. The summed E-state index contributed by atoms with van der Waals surface area (Å²) in [6.45, 7) is 2.98. The van der Waals surface area contributed by atoms with Gasteiger partial charge in [-0.15, -0.1) is 22.7 Å². The molecule has 2 heterocycles. The molecule has 3 nitrogen and oxygen atoms in total. The lowest BCUT2D eigenvalue weighted by molar-refractivity contribution is 0.516. The number of para-hydroxylation sites is 1. The van der Waals surface area contributed by atoms with E-state index in [0.29, 0.717) is 6.04 Å². The lowest BCUT2D eigenvalue weighted by Gasteiger charge is -2.12. The lowest BCUT2D eigenvalue weighted by Crippen LogP contribution is -2.19. The number of fused-ring (bicyclic) bond motifs is 1. The van der Waals surface area contributed by atoms with Crippen LogP contribution in [0.3, 0.4) is 0 Å². The molecule has 19 heavy (non-hydrogen) atoms. The molecule has 0 saturated heterocycles. The first-order chi connectivity index (χ1) is 9.36. The van der Waals surface area contributed by atoms with Crippen molar-refractivity contribution in [2.45, 2.75) is 25.9 Å². The monoisotopic (exact) mass is 289 g/mol. The van der Waals surface area contributed by atoms with Crippen LogP contribution in [0.4, 0.5) is 0 Å². The highest BCUT2D eigenvalue weighted by molar-refractivity contribution is 7.18. The van der Waals surface area contributed by atoms with Gasteiger partial charge in [-0.1, -0.05) is 19.1 Å². The molecule has 1 aromatic carbocycles. The Balaban J connectivity index is 1.71. The van der Waals surface area contributed by atoms with E-state index in [4.69, 9.17) is 0 Å². The van der Waals surface area contributed by atoms with Crippen molar-refractivity contribution >= 4 is 32.9 Å². The second-order valence-corrected chi connectivity index (χ2v) is 6.33. The van der Waals surface area contributed by atoms with E-state index in [9.17, 15) is 0 Å². The zero-order chi connectivity index (χ0) is 13.1. The molecule has 5 heteroatoms. The Morgan fingerprint density at radius 3 is 2.95 bits per heavy atom. The van der Waals surface area contributed by atoms with Gasteiger partial charge in [-0.2, -0.15) is 0 Å². The number of benzene rings is 1. The van der Waals surface area contributed by atoms with Crippen LogP contribution >= 0.6 is 22.7 Å². The van der Waals surface area contributed by atoms with Crippen molar-refractivity contribution in [3.63, 3.8) is 0 Å². The Kier molecular flexibility index (Phi) is 3.87. The molecule has 0 aliphatic carbocycles. The van der Waals surface area contributed by atoms with Gasteiger partial charge in [0.15, 0.2) is 0 Å². The second-order valence-electron chi connectivity index (χ2n) is 4.29. The van der Waals surface area contributed by atoms with Crippen molar-refractivity contribution in [1.82, 2.24) is 15.3 Å². The molecule has 0 saturated carbocycles. The fourth-order valence-corrected chi connectivity index (χ4v) is 3.73. The van der Waals surface area contributed by atoms with Crippen molar-refractivity contribution in [2.75, 3.05) is 0 Å². The van der Waals surface area contributed by atoms with Crippen LogP contribution in [-0.2, 0) is 6.54 Å². The van der Waals surface area contributed by atoms with Gasteiger partial charge in [0.05, 0.1) is 16.3 Å². The summed E-state index contributed by atoms with van der Waals surface area (Å²) in [5, 5.41) is 7.86. The number of rotatable bonds is 5. The van der Waals surface area contributed by atoms with E-state index >= 15 is 0 Å². The summed E-state index contributed by atoms with van der Waals surface area (Å²) >= 11 is 3.46. The highest BCUT2D eigenvalue weighted by Crippen LogP contribution is 2.23. The summed E-state index contributed by atoms with van der Waals surface area (Å²) in [7, 11) is 0. The van der Waals surface area contributed by atoms with E-state index in [1.165, 1.54) is 4.70 Å². The van der Waals surface area contributed by atoms with Gasteiger partial charge in [0, 0.05) is 18.1 Å². The van der Waals surface area contributed by atoms with Crippen molar-refractivity contribution in [3.8, 4) is 0 Å². The predicted molar refractivity (Wildman–Crippen MR) is 81.6 cm³/mol.